The van der Waals surface area contributed by atoms with Gasteiger partial charge in [-0.1, -0.05) is 18.2 Å². The number of anilines is 1. The van der Waals surface area contributed by atoms with Crippen molar-refractivity contribution in [2.24, 2.45) is 4.99 Å². The normalized spacial score (nSPS) is 11.6. The summed E-state index contributed by atoms with van der Waals surface area (Å²) in [5, 5.41) is 9.69. The summed E-state index contributed by atoms with van der Waals surface area (Å²) in [5.41, 5.74) is 7.02. The Labute approximate surface area is 139 Å². The molecule has 2 heterocycles. The highest BCUT2D eigenvalue weighted by Gasteiger charge is 2.21. The number of thioether (sulfide) groups is 1. The molecule has 9 heteroatoms. The van der Waals surface area contributed by atoms with Gasteiger partial charge in [0.15, 0.2) is 5.13 Å². The highest BCUT2D eigenvalue weighted by molar-refractivity contribution is 8.15. The number of rotatable bonds is 4. The number of hydrogen-bond donors (Lipinski definition) is 1. The van der Waals surface area contributed by atoms with E-state index in [9.17, 15) is 4.79 Å². The highest BCUT2D eigenvalue weighted by atomic mass is 32.2. The molecule has 0 saturated heterocycles. The minimum absolute atomic E-state index is 0.151. The van der Waals surface area contributed by atoms with Crippen molar-refractivity contribution in [1.82, 2.24) is 15.2 Å². The van der Waals surface area contributed by atoms with E-state index < -0.39 is 0 Å². The van der Waals surface area contributed by atoms with E-state index in [1.807, 2.05) is 30.3 Å². The molecule has 116 valence electrons. The van der Waals surface area contributed by atoms with Crippen LogP contribution in [0.1, 0.15) is 5.69 Å². The van der Waals surface area contributed by atoms with E-state index in [0.29, 0.717) is 16.7 Å². The number of nitrogen functional groups attached to an aromatic ring is 1. The number of nitrogens with zero attached hydrogens (tertiary/aromatic N) is 4. The summed E-state index contributed by atoms with van der Waals surface area (Å²) < 4.78 is 5.50. The minimum atomic E-state index is -0.332. The van der Waals surface area contributed by atoms with Crippen LogP contribution in [-0.4, -0.2) is 33.1 Å². The van der Waals surface area contributed by atoms with Gasteiger partial charge < -0.3 is 10.2 Å². The van der Waals surface area contributed by atoms with Crippen LogP contribution in [0.2, 0.25) is 0 Å². The predicted molar refractivity (Wildman–Crippen MR) is 89.6 cm³/mol. The number of nitrogens with two attached hydrogens (primary N) is 1. The molecular formula is C14H11N5O2S2. The fraction of sp³-hybridized carbons (Fsp3) is 0.0714. The predicted octanol–water partition coefficient (Wildman–Crippen LogP) is 2.51. The van der Waals surface area contributed by atoms with Crippen LogP contribution in [0.4, 0.5) is 5.13 Å². The van der Waals surface area contributed by atoms with Crippen molar-refractivity contribution in [3.05, 3.63) is 41.4 Å². The van der Waals surface area contributed by atoms with E-state index >= 15 is 0 Å². The topological polar surface area (TPSA) is 107 Å². The third-order valence-corrected chi connectivity index (χ3v) is 4.18. The van der Waals surface area contributed by atoms with Crippen molar-refractivity contribution in [2.45, 2.75) is 5.22 Å². The Bertz CT molecular complexity index is 857. The van der Waals surface area contributed by atoms with Crippen LogP contribution in [0.25, 0.3) is 11.5 Å². The number of hydrogen-bond acceptors (Lipinski definition) is 9. The fourth-order valence-electron chi connectivity index (χ4n) is 1.78. The van der Waals surface area contributed by atoms with Crippen molar-refractivity contribution in [3.8, 4) is 11.5 Å². The third-order valence-electron chi connectivity index (χ3n) is 2.79. The van der Waals surface area contributed by atoms with Crippen molar-refractivity contribution in [2.75, 3.05) is 12.8 Å². The number of thiazole rings is 1. The molecule has 2 N–H and O–H groups in total. The van der Waals surface area contributed by atoms with E-state index in [1.54, 1.807) is 5.38 Å². The van der Waals surface area contributed by atoms with Crippen LogP contribution >= 0.6 is 23.1 Å². The maximum absolute atomic E-state index is 12.3. The van der Waals surface area contributed by atoms with E-state index in [-0.39, 0.29) is 16.0 Å². The molecule has 0 amide bonds. The molecule has 0 aliphatic rings. The molecule has 0 radical (unpaired) electrons. The first-order valence-electron chi connectivity index (χ1n) is 6.46. The standard InChI is InChI=1S/C14H11N5O2S2/c1-16-10(9-7-22-13(15)17-9)12(20)23-14-19-18-11(21-14)8-5-3-2-4-6-8/h2-7H,1H3,(H2,15,17). The summed E-state index contributed by atoms with van der Waals surface area (Å²) in [6.07, 6.45) is 0. The van der Waals surface area contributed by atoms with Gasteiger partial charge in [0.05, 0.1) is 0 Å². The van der Waals surface area contributed by atoms with Gasteiger partial charge in [-0.3, -0.25) is 9.79 Å². The number of carbonyl (C=O) groups is 1. The molecular weight excluding hydrogens is 334 g/mol. The molecule has 3 rings (SSSR count). The van der Waals surface area contributed by atoms with Crippen molar-refractivity contribution < 1.29 is 9.21 Å². The zero-order valence-corrected chi connectivity index (χ0v) is 13.6. The van der Waals surface area contributed by atoms with Gasteiger partial charge in [-0.05, 0) is 12.1 Å². The molecule has 7 nitrogen and oxygen atoms in total. The van der Waals surface area contributed by atoms with Gasteiger partial charge in [0.1, 0.15) is 11.4 Å². The second kappa shape index (κ2) is 6.71. The Kier molecular flexibility index (Phi) is 4.49. The monoisotopic (exact) mass is 345 g/mol. The van der Waals surface area contributed by atoms with E-state index in [2.05, 4.69) is 20.2 Å². The Morgan fingerprint density at radius 1 is 1.30 bits per heavy atom. The molecule has 0 atom stereocenters. The molecule has 0 aliphatic carbocycles. The lowest BCUT2D eigenvalue weighted by Gasteiger charge is -1.98. The van der Waals surface area contributed by atoms with Crippen molar-refractivity contribution in [1.29, 1.82) is 0 Å². The first-order chi connectivity index (χ1) is 11.2. The summed E-state index contributed by atoms with van der Waals surface area (Å²) in [6.45, 7) is 0. The first-order valence-corrected chi connectivity index (χ1v) is 8.16. The van der Waals surface area contributed by atoms with Gasteiger partial charge in [0.25, 0.3) is 5.22 Å². The SMILES string of the molecule is CN=C(C(=O)Sc1nnc(-c2ccccc2)o1)c1csc(N)n1. The van der Waals surface area contributed by atoms with Gasteiger partial charge in [-0.2, -0.15) is 0 Å². The maximum atomic E-state index is 12.3. The van der Waals surface area contributed by atoms with Crippen LogP contribution in [0.5, 0.6) is 0 Å². The van der Waals surface area contributed by atoms with E-state index in [1.165, 1.54) is 18.4 Å². The second-order valence-corrected chi connectivity index (χ2v) is 6.09. The summed E-state index contributed by atoms with van der Waals surface area (Å²) in [6, 6.07) is 9.32. The largest absolute Gasteiger partial charge is 0.411 e. The number of carbonyl (C=O) groups excluding carboxylic acids is 1. The number of benzene rings is 1. The zero-order chi connectivity index (χ0) is 16.2. The molecule has 0 unspecified atom stereocenters. The second-order valence-electron chi connectivity index (χ2n) is 4.27. The maximum Gasteiger partial charge on any atom is 0.284 e. The number of aromatic nitrogens is 3. The summed E-state index contributed by atoms with van der Waals surface area (Å²) in [4.78, 5) is 20.4. The molecule has 0 bridgehead atoms. The molecule has 3 aromatic rings. The zero-order valence-electron chi connectivity index (χ0n) is 12.0. The molecule has 0 aliphatic heterocycles. The summed E-state index contributed by atoms with van der Waals surface area (Å²) in [5.74, 6) is 0.355. The fourth-order valence-corrected chi connectivity index (χ4v) is 2.98. The highest BCUT2D eigenvalue weighted by Crippen LogP contribution is 2.25. The minimum Gasteiger partial charge on any atom is -0.411 e. The Balaban J connectivity index is 1.77. The number of aliphatic imine (C=N–C) groups is 1. The van der Waals surface area contributed by atoms with Gasteiger partial charge in [-0.15, -0.1) is 21.5 Å². The third kappa shape index (κ3) is 3.46. The van der Waals surface area contributed by atoms with Crippen LogP contribution in [0.3, 0.4) is 0 Å². The molecule has 0 spiro atoms. The summed E-state index contributed by atoms with van der Waals surface area (Å²) in [7, 11) is 1.52. The van der Waals surface area contributed by atoms with Gasteiger partial charge >= 0.3 is 0 Å². The van der Waals surface area contributed by atoms with E-state index in [0.717, 1.165) is 17.3 Å². The average molecular weight is 345 g/mol. The van der Waals surface area contributed by atoms with Gasteiger partial charge in [0, 0.05) is 29.8 Å². The van der Waals surface area contributed by atoms with Gasteiger partial charge in [-0.25, -0.2) is 4.98 Å². The van der Waals surface area contributed by atoms with Crippen LogP contribution in [0.15, 0.2) is 50.3 Å². The lowest BCUT2D eigenvalue weighted by molar-refractivity contribution is -0.105. The lowest BCUT2D eigenvalue weighted by Crippen LogP contribution is -2.12. The smallest absolute Gasteiger partial charge is 0.284 e. The van der Waals surface area contributed by atoms with E-state index in [4.69, 9.17) is 10.2 Å². The van der Waals surface area contributed by atoms with Crippen molar-refractivity contribution >= 4 is 39.1 Å². The quantitative estimate of drug-likeness (QED) is 0.572. The molecule has 1 aromatic carbocycles. The van der Waals surface area contributed by atoms with Gasteiger partial charge in [0.2, 0.25) is 11.0 Å². The van der Waals surface area contributed by atoms with Crippen LogP contribution in [0, 0.1) is 0 Å². The molecule has 23 heavy (non-hydrogen) atoms. The Morgan fingerprint density at radius 3 is 2.74 bits per heavy atom. The lowest BCUT2D eigenvalue weighted by atomic mass is 10.2. The molecule has 0 fully saturated rings. The molecule has 0 saturated carbocycles. The first kappa shape index (κ1) is 15.4. The summed E-state index contributed by atoms with van der Waals surface area (Å²) >= 11 is 2.06. The average Bonchev–Trinajstić information content (AvgIpc) is 3.18. The van der Waals surface area contributed by atoms with Crippen molar-refractivity contribution in [3.63, 3.8) is 0 Å². The van der Waals surface area contributed by atoms with Crippen LogP contribution in [-0.2, 0) is 4.79 Å². The van der Waals surface area contributed by atoms with Crippen LogP contribution < -0.4 is 5.73 Å². The molecule has 2 aromatic heterocycles. The Hall–Kier alpha value is -2.52. The Morgan fingerprint density at radius 2 is 2.09 bits per heavy atom.